The van der Waals surface area contributed by atoms with Gasteiger partial charge in [0.1, 0.15) is 0 Å². The first-order valence-electron chi connectivity index (χ1n) is 9.30. The third-order valence-corrected chi connectivity index (χ3v) is 5.38. The number of aromatic nitrogens is 2. The van der Waals surface area contributed by atoms with Gasteiger partial charge in [0.2, 0.25) is 5.91 Å². The summed E-state index contributed by atoms with van der Waals surface area (Å²) in [5.41, 5.74) is 0.687. The van der Waals surface area contributed by atoms with Crippen LogP contribution in [0.1, 0.15) is 57.8 Å². The Hall–Kier alpha value is -1.85. The Morgan fingerprint density at radius 2 is 1.96 bits per heavy atom. The zero-order chi connectivity index (χ0) is 16.8. The van der Waals surface area contributed by atoms with E-state index in [-0.39, 0.29) is 17.5 Å². The highest BCUT2D eigenvalue weighted by atomic mass is 16.1. The quantitative estimate of drug-likeness (QED) is 0.866. The highest BCUT2D eigenvalue weighted by Gasteiger charge is 2.22. The molecule has 1 aliphatic heterocycles. The number of H-pyrrole nitrogens is 1. The van der Waals surface area contributed by atoms with Crippen molar-refractivity contribution in [3.63, 3.8) is 0 Å². The molecule has 1 amide bonds. The molecule has 1 aliphatic carbocycles. The number of piperidine rings is 1. The van der Waals surface area contributed by atoms with Crippen molar-refractivity contribution >= 4 is 11.6 Å². The predicted octanol–water partition coefficient (Wildman–Crippen LogP) is 2.22. The molecule has 6 nitrogen and oxygen atoms in total. The molecule has 0 radical (unpaired) electrons. The van der Waals surface area contributed by atoms with E-state index >= 15 is 0 Å². The Balaban J connectivity index is 1.38. The van der Waals surface area contributed by atoms with E-state index in [1.165, 1.54) is 32.1 Å². The molecule has 3 rings (SSSR count). The summed E-state index contributed by atoms with van der Waals surface area (Å²) in [7, 11) is 0. The molecular weight excluding hydrogens is 304 g/mol. The highest BCUT2D eigenvalue weighted by Crippen LogP contribution is 2.27. The minimum atomic E-state index is -0.175. The van der Waals surface area contributed by atoms with Gasteiger partial charge >= 0.3 is 0 Å². The number of carbonyl (C=O) groups is 1. The number of amides is 1. The van der Waals surface area contributed by atoms with Crippen molar-refractivity contribution < 1.29 is 4.79 Å². The first-order valence-corrected chi connectivity index (χ1v) is 9.30. The van der Waals surface area contributed by atoms with Crippen LogP contribution in [-0.2, 0) is 4.79 Å². The second kappa shape index (κ2) is 8.31. The van der Waals surface area contributed by atoms with E-state index in [0.29, 0.717) is 6.42 Å². The lowest BCUT2D eigenvalue weighted by atomic mass is 9.86. The van der Waals surface area contributed by atoms with Crippen molar-refractivity contribution in [2.24, 2.45) is 5.92 Å². The van der Waals surface area contributed by atoms with Gasteiger partial charge in [0.15, 0.2) is 0 Å². The van der Waals surface area contributed by atoms with Gasteiger partial charge < -0.3 is 10.2 Å². The van der Waals surface area contributed by atoms with Crippen LogP contribution in [0.15, 0.2) is 17.1 Å². The maximum atomic E-state index is 12.2. The van der Waals surface area contributed by atoms with Gasteiger partial charge in [-0.2, -0.15) is 5.10 Å². The van der Waals surface area contributed by atoms with Crippen LogP contribution in [0.25, 0.3) is 0 Å². The highest BCUT2D eigenvalue weighted by molar-refractivity contribution is 5.76. The predicted molar refractivity (Wildman–Crippen MR) is 94.0 cm³/mol. The van der Waals surface area contributed by atoms with Gasteiger partial charge in [-0.1, -0.05) is 32.1 Å². The second-order valence-corrected chi connectivity index (χ2v) is 7.18. The minimum absolute atomic E-state index is 0.175. The van der Waals surface area contributed by atoms with E-state index in [9.17, 15) is 9.59 Å². The molecule has 24 heavy (non-hydrogen) atoms. The topological polar surface area (TPSA) is 78.1 Å². The lowest BCUT2D eigenvalue weighted by Crippen LogP contribution is -2.45. The molecule has 1 saturated heterocycles. The van der Waals surface area contributed by atoms with Crippen LogP contribution in [0, 0.1) is 5.92 Å². The maximum absolute atomic E-state index is 12.2. The molecule has 0 atom stereocenters. The normalized spacial score (nSPS) is 20.1. The molecule has 0 bridgehead atoms. The molecule has 132 valence electrons. The van der Waals surface area contributed by atoms with Gasteiger partial charge in [-0.25, -0.2) is 5.10 Å². The van der Waals surface area contributed by atoms with Crippen LogP contribution < -0.4 is 15.8 Å². The number of aromatic amines is 1. The van der Waals surface area contributed by atoms with Gasteiger partial charge in [-0.05, 0) is 25.2 Å². The minimum Gasteiger partial charge on any atom is -0.370 e. The van der Waals surface area contributed by atoms with Crippen LogP contribution in [0.3, 0.4) is 0 Å². The fourth-order valence-electron chi connectivity index (χ4n) is 3.93. The molecule has 1 saturated carbocycles. The molecule has 0 unspecified atom stereocenters. The zero-order valence-corrected chi connectivity index (χ0v) is 14.3. The van der Waals surface area contributed by atoms with Crippen molar-refractivity contribution in [3.05, 3.63) is 22.6 Å². The Bertz CT molecular complexity index is 587. The smallest absolute Gasteiger partial charge is 0.266 e. The van der Waals surface area contributed by atoms with Gasteiger partial charge in [-0.3, -0.25) is 9.59 Å². The maximum Gasteiger partial charge on any atom is 0.266 e. The summed E-state index contributed by atoms with van der Waals surface area (Å²) in [5.74, 6) is 0.965. The van der Waals surface area contributed by atoms with Crippen LogP contribution in [0.2, 0.25) is 0 Å². The van der Waals surface area contributed by atoms with Gasteiger partial charge in [0.25, 0.3) is 5.56 Å². The Morgan fingerprint density at radius 1 is 1.21 bits per heavy atom. The van der Waals surface area contributed by atoms with Crippen molar-refractivity contribution in [3.8, 4) is 0 Å². The van der Waals surface area contributed by atoms with Crippen molar-refractivity contribution in [1.82, 2.24) is 15.5 Å². The molecular formula is C18H28N4O2. The molecule has 2 heterocycles. The summed E-state index contributed by atoms with van der Waals surface area (Å²) < 4.78 is 0. The summed E-state index contributed by atoms with van der Waals surface area (Å²) in [6.45, 7) is 1.69. The summed E-state index contributed by atoms with van der Waals surface area (Å²) in [5, 5.41) is 9.44. The Morgan fingerprint density at radius 3 is 2.67 bits per heavy atom. The number of hydrogen-bond donors (Lipinski definition) is 2. The second-order valence-electron chi connectivity index (χ2n) is 7.18. The van der Waals surface area contributed by atoms with Crippen molar-refractivity contribution in [1.29, 1.82) is 0 Å². The standard InChI is InChI=1S/C18H28N4O2/c23-17(7-6-14-4-2-1-3-5-14)20-15-8-10-22(11-9-15)16-12-18(24)21-19-13-16/h12-15H,1-11H2,(H,20,23)(H,21,24). The number of carbonyl (C=O) groups excluding carboxylic acids is 1. The van der Waals surface area contributed by atoms with Crippen LogP contribution in [0.4, 0.5) is 5.69 Å². The van der Waals surface area contributed by atoms with E-state index in [0.717, 1.165) is 44.0 Å². The van der Waals surface area contributed by atoms with E-state index in [1.807, 2.05) is 0 Å². The first-order chi connectivity index (χ1) is 11.7. The molecule has 2 N–H and O–H groups in total. The van der Waals surface area contributed by atoms with E-state index in [4.69, 9.17) is 0 Å². The number of hydrogen-bond acceptors (Lipinski definition) is 4. The lowest BCUT2D eigenvalue weighted by Gasteiger charge is -2.33. The van der Waals surface area contributed by atoms with E-state index in [2.05, 4.69) is 20.4 Å². The average molecular weight is 332 g/mol. The zero-order valence-electron chi connectivity index (χ0n) is 14.3. The average Bonchev–Trinajstić information content (AvgIpc) is 2.61. The van der Waals surface area contributed by atoms with Crippen LogP contribution in [0.5, 0.6) is 0 Å². The number of nitrogens with zero attached hydrogens (tertiary/aromatic N) is 2. The number of nitrogens with one attached hydrogen (secondary N) is 2. The first kappa shape index (κ1) is 17.0. The van der Waals surface area contributed by atoms with Crippen molar-refractivity contribution in [2.45, 2.75) is 63.8 Å². The fourth-order valence-corrected chi connectivity index (χ4v) is 3.93. The van der Waals surface area contributed by atoms with Gasteiger partial charge in [0.05, 0.1) is 11.9 Å². The molecule has 0 aromatic carbocycles. The molecule has 2 aliphatic rings. The van der Waals surface area contributed by atoms with Gasteiger partial charge in [-0.15, -0.1) is 0 Å². The monoisotopic (exact) mass is 332 g/mol. The fraction of sp³-hybridized carbons (Fsp3) is 0.722. The van der Waals surface area contributed by atoms with Gasteiger partial charge in [0, 0.05) is 31.6 Å². The SMILES string of the molecule is O=C(CCC1CCCCC1)NC1CCN(c2cn[nH]c(=O)c2)CC1. The van der Waals surface area contributed by atoms with Crippen LogP contribution >= 0.6 is 0 Å². The molecule has 1 aromatic heterocycles. The summed E-state index contributed by atoms with van der Waals surface area (Å²) in [4.78, 5) is 25.7. The number of anilines is 1. The third kappa shape index (κ3) is 4.82. The summed E-state index contributed by atoms with van der Waals surface area (Å²) in [6.07, 6.45) is 11.9. The van der Waals surface area contributed by atoms with Crippen molar-refractivity contribution in [2.75, 3.05) is 18.0 Å². The Kier molecular flexibility index (Phi) is 5.88. The summed E-state index contributed by atoms with van der Waals surface area (Å²) in [6, 6.07) is 1.84. The Labute approximate surface area is 143 Å². The molecule has 6 heteroatoms. The summed E-state index contributed by atoms with van der Waals surface area (Å²) >= 11 is 0. The lowest BCUT2D eigenvalue weighted by molar-refractivity contribution is -0.122. The molecule has 2 fully saturated rings. The molecule has 1 aromatic rings. The number of rotatable bonds is 5. The van der Waals surface area contributed by atoms with E-state index in [1.54, 1.807) is 12.3 Å². The largest absolute Gasteiger partial charge is 0.370 e. The molecule has 0 spiro atoms. The van der Waals surface area contributed by atoms with Crippen LogP contribution in [-0.4, -0.2) is 35.2 Å². The third-order valence-electron chi connectivity index (χ3n) is 5.38. The van der Waals surface area contributed by atoms with E-state index < -0.39 is 0 Å².